The third kappa shape index (κ3) is 5.34. The Morgan fingerprint density at radius 2 is 1.89 bits per heavy atom. The molecule has 9 heteroatoms. The monoisotopic (exact) mass is 527 g/mol. The maximum atomic E-state index is 14.4. The SMILES string of the molecule is CCNC(=NCC1(c2c(F)cccc2F)CCCC1)NC1CCS(=O)(=O)C1.I. The number of nitrogens with one attached hydrogen (secondary N) is 2. The Balaban J connectivity index is 0.00000280. The molecule has 1 unspecified atom stereocenters. The Bertz CT molecular complexity index is 791. The highest BCUT2D eigenvalue weighted by molar-refractivity contribution is 14.0. The van der Waals surface area contributed by atoms with Crippen LogP contribution in [0.4, 0.5) is 8.78 Å². The molecular weight excluding hydrogens is 499 g/mol. The molecule has 1 saturated heterocycles. The number of hydrogen-bond donors (Lipinski definition) is 2. The summed E-state index contributed by atoms with van der Waals surface area (Å²) in [4.78, 5) is 4.60. The van der Waals surface area contributed by atoms with Crippen molar-refractivity contribution in [3.05, 3.63) is 35.4 Å². The van der Waals surface area contributed by atoms with E-state index in [4.69, 9.17) is 0 Å². The van der Waals surface area contributed by atoms with E-state index < -0.39 is 26.9 Å². The van der Waals surface area contributed by atoms with E-state index in [9.17, 15) is 17.2 Å². The van der Waals surface area contributed by atoms with E-state index in [0.717, 1.165) is 12.8 Å². The van der Waals surface area contributed by atoms with E-state index in [2.05, 4.69) is 15.6 Å². The van der Waals surface area contributed by atoms with Crippen LogP contribution in [0.2, 0.25) is 0 Å². The third-order valence-electron chi connectivity index (χ3n) is 5.51. The fraction of sp³-hybridized carbons (Fsp3) is 0.632. The van der Waals surface area contributed by atoms with Gasteiger partial charge in [-0.1, -0.05) is 18.9 Å². The predicted molar refractivity (Wildman–Crippen MR) is 118 cm³/mol. The zero-order valence-electron chi connectivity index (χ0n) is 16.0. The number of sulfone groups is 1. The molecular formula is C19H28F2IN3O2S. The van der Waals surface area contributed by atoms with E-state index in [1.807, 2.05) is 6.92 Å². The maximum absolute atomic E-state index is 14.4. The number of aliphatic imine (C=N–C) groups is 1. The zero-order chi connectivity index (χ0) is 19.5. The summed E-state index contributed by atoms with van der Waals surface area (Å²) < 4.78 is 52.2. The quantitative estimate of drug-likeness (QED) is 0.351. The Morgan fingerprint density at radius 3 is 2.43 bits per heavy atom. The second-order valence-corrected chi connectivity index (χ2v) is 9.75. The molecule has 0 radical (unpaired) electrons. The van der Waals surface area contributed by atoms with Gasteiger partial charge in [-0.25, -0.2) is 17.2 Å². The smallest absolute Gasteiger partial charge is 0.191 e. The van der Waals surface area contributed by atoms with E-state index in [1.54, 1.807) is 0 Å². The molecule has 0 bridgehead atoms. The number of guanidine groups is 1. The second kappa shape index (κ2) is 9.69. The first-order valence-electron chi connectivity index (χ1n) is 9.55. The summed E-state index contributed by atoms with van der Waals surface area (Å²) in [6.07, 6.45) is 3.74. The number of hydrogen-bond acceptors (Lipinski definition) is 3. The minimum atomic E-state index is -3.00. The summed E-state index contributed by atoms with van der Waals surface area (Å²) in [5.74, 6) is -0.277. The van der Waals surface area contributed by atoms with Crippen molar-refractivity contribution < 1.29 is 17.2 Å². The normalized spacial score (nSPS) is 23.2. The summed E-state index contributed by atoms with van der Waals surface area (Å²) in [7, 11) is -3.00. The zero-order valence-corrected chi connectivity index (χ0v) is 19.2. The van der Waals surface area contributed by atoms with Crippen LogP contribution in [0.15, 0.2) is 23.2 Å². The van der Waals surface area contributed by atoms with Gasteiger partial charge >= 0.3 is 0 Å². The van der Waals surface area contributed by atoms with Crippen LogP contribution in [0.1, 0.15) is 44.6 Å². The van der Waals surface area contributed by atoms with Crippen molar-refractivity contribution in [2.24, 2.45) is 4.99 Å². The summed E-state index contributed by atoms with van der Waals surface area (Å²) in [6, 6.07) is 3.80. The van der Waals surface area contributed by atoms with Crippen molar-refractivity contribution in [2.75, 3.05) is 24.6 Å². The van der Waals surface area contributed by atoms with Gasteiger partial charge in [0.05, 0.1) is 18.1 Å². The van der Waals surface area contributed by atoms with E-state index in [0.29, 0.717) is 31.8 Å². The lowest BCUT2D eigenvalue weighted by Crippen LogP contribution is -2.45. The summed E-state index contributed by atoms with van der Waals surface area (Å²) >= 11 is 0. The molecule has 1 atom stereocenters. The molecule has 2 N–H and O–H groups in total. The summed E-state index contributed by atoms with van der Waals surface area (Å²) in [5, 5.41) is 6.28. The lowest BCUT2D eigenvalue weighted by atomic mass is 9.78. The highest BCUT2D eigenvalue weighted by atomic mass is 127. The van der Waals surface area contributed by atoms with Gasteiger partial charge in [0.1, 0.15) is 11.6 Å². The van der Waals surface area contributed by atoms with Crippen molar-refractivity contribution in [2.45, 2.75) is 50.5 Å². The van der Waals surface area contributed by atoms with Gasteiger partial charge in [0.25, 0.3) is 0 Å². The van der Waals surface area contributed by atoms with Crippen LogP contribution < -0.4 is 10.6 Å². The fourth-order valence-corrected chi connectivity index (χ4v) is 5.87. The first kappa shape index (κ1) is 23.3. The molecule has 1 aromatic rings. The fourth-order valence-electron chi connectivity index (χ4n) is 4.20. The van der Waals surface area contributed by atoms with Crippen LogP contribution >= 0.6 is 24.0 Å². The molecule has 2 fully saturated rings. The van der Waals surface area contributed by atoms with Gasteiger partial charge in [-0.2, -0.15) is 0 Å². The number of benzene rings is 1. The van der Waals surface area contributed by atoms with Gasteiger partial charge in [0, 0.05) is 23.6 Å². The predicted octanol–water partition coefficient (Wildman–Crippen LogP) is 3.14. The van der Waals surface area contributed by atoms with Crippen LogP contribution in [-0.4, -0.2) is 45.0 Å². The minimum Gasteiger partial charge on any atom is -0.357 e. The first-order chi connectivity index (χ1) is 12.9. The summed E-state index contributed by atoms with van der Waals surface area (Å²) in [5.41, 5.74) is -0.523. The third-order valence-corrected chi connectivity index (χ3v) is 7.28. The van der Waals surface area contributed by atoms with Gasteiger partial charge in [-0.05, 0) is 38.3 Å². The van der Waals surface area contributed by atoms with Crippen LogP contribution in [-0.2, 0) is 15.3 Å². The lowest BCUT2D eigenvalue weighted by molar-refractivity contribution is 0.400. The molecule has 5 nitrogen and oxygen atoms in total. The molecule has 1 heterocycles. The molecule has 0 spiro atoms. The Kier molecular flexibility index (Phi) is 8.06. The van der Waals surface area contributed by atoms with Crippen molar-refractivity contribution in [3.8, 4) is 0 Å². The van der Waals surface area contributed by atoms with E-state index in [1.165, 1.54) is 18.2 Å². The van der Waals surface area contributed by atoms with Gasteiger partial charge in [-0.3, -0.25) is 4.99 Å². The number of rotatable bonds is 5. The van der Waals surface area contributed by atoms with Crippen LogP contribution in [0.3, 0.4) is 0 Å². The molecule has 1 aliphatic heterocycles. The number of nitrogens with zero attached hydrogens (tertiary/aromatic N) is 1. The lowest BCUT2D eigenvalue weighted by Gasteiger charge is -2.29. The molecule has 2 aliphatic rings. The topological polar surface area (TPSA) is 70.6 Å². The Labute approximate surface area is 182 Å². The average Bonchev–Trinajstić information content (AvgIpc) is 3.20. The maximum Gasteiger partial charge on any atom is 0.191 e. The molecule has 0 amide bonds. The van der Waals surface area contributed by atoms with Gasteiger partial charge in [-0.15, -0.1) is 24.0 Å². The molecule has 158 valence electrons. The van der Waals surface area contributed by atoms with Crippen molar-refractivity contribution >= 4 is 39.8 Å². The Morgan fingerprint density at radius 1 is 1.25 bits per heavy atom. The number of halogens is 3. The first-order valence-corrected chi connectivity index (χ1v) is 11.4. The van der Waals surface area contributed by atoms with Gasteiger partial charge < -0.3 is 10.6 Å². The standard InChI is InChI=1S/C19H27F2N3O2S.HI/c1-2-22-18(24-14-8-11-27(25,26)12-14)23-13-19(9-3-4-10-19)17-15(20)6-5-7-16(17)21;/h5-7,14H,2-4,8-13H2,1H3,(H2,22,23,24);1H. The summed E-state index contributed by atoms with van der Waals surface area (Å²) in [6.45, 7) is 2.80. The molecule has 28 heavy (non-hydrogen) atoms. The van der Waals surface area contributed by atoms with E-state index >= 15 is 0 Å². The average molecular weight is 527 g/mol. The Hall–Kier alpha value is -0.970. The largest absolute Gasteiger partial charge is 0.357 e. The van der Waals surface area contributed by atoms with Crippen molar-refractivity contribution in [1.82, 2.24) is 10.6 Å². The molecule has 1 saturated carbocycles. The van der Waals surface area contributed by atoms with Gasteiger partial charge in [0.2, 0.25) is 0 Å². The van der Waals surface area contributed by atoms with Gasteiger partial charge in [0.15, 0.2) is 15.8 Å². The van der Waals surface area contributed by atoms with Crippen LogP contribution in [0.5, 0.6) is 0 Å². The van der Waals surface area contributed by atoms with E-state index in [-0.39, 0.29) is 53.6 Å². The van der Waals surface area contributed by atoms with Crippen LogP contribution in [0.25, 0.3) is 0 Å². The molecule has 1 aromatic carbocycles. The highest BCUT2D eigenvalue weighted by Crippen LogP contribution is 2.43. The molecule has 3 rings (SSSR count). The minimum absolute atomic E-state index is 0. The van der Waals surface area contributed by atoms with Crippen LogP contribution in [0, 0.1) is 11.6 Å². The second-order valence-electron chi connectivity index (χ2n) is 7.52. The van der Waals surface area contributed by atoms with Crippen molar-refractivity contribution in [3.63, 3.8) is 0 Å². The molecule has 0 aromatic heterocycles. The highest BCUT2D eigenvalue weighted by Gasteiger charge is 2.40. The molecule has 1 aliphatic carbocycles. The van der Waals surface area contributed by atoms with Crippen molar-refractivity contribution in [1.29, 1.82) is 0 Å².